The molecular weight excluding hydrogens is 388 g/mol. The van der Waals surface area contributed by atoms with Gasteiger partial charge in [0.05, 0.1) is 13.2 Å². The number of benzene rings is 2. The molecule has 0 unspecified atom stereocenters. The Labute approximate surface area is 184 Å². The third-order valence-corrected chi connectivity index (χ3v) is 7.25. The number of carbonyl (C=O) groups excluding carboxylic acids is 1. The summed E-state index contributed by atoms with van der Waals surface area (Å²) >= 11 is 0. The number of hydrogen-bond acceptors (Lipinski definition) is 4. The first-order chi connectivity index (χ1) is 14.9. The highest BCUT2D eigenvalue weighted by Gasteiger charge is 2.47. The minimum atomic E-state index is -0.356. The molecule has 1 spiro atoms. The standard InChI is InChI=1S/C26H32N2O3/c1-19-15-20(16-22-23(19)30-14-11-25(22,2)3)17-27-12-9-26(10-13-27)18-28(24(29)31-26)21-7-5-4-6-8-21/h4-8,15-16H,9-14,17-18H2,1-3H3. The summed E-state index contributed by atoms with van der Waals surface area (Å²) in [6, 6.07) is 14.5. The highest BCUT2D eigenvalue weighted by molar-refractivity contribution is 5.90. The first-order valence-corrected chi connectivity index (χ1v) is 11.4. The quantitative estimate of drug-likeness (QED) is 0.697. The van der Waals surface area contributed by atoms with Crippen LogP contribution < -0.4 is 9.64 Å². The maximum absolute atomic E-state index is 12.5. The molecule has 31 heavy (non-hydrogen) atoms. The van der Waals surface area contributed by atoms with E-state index in [0.717, 1.165) is 56.9 Å². The van der Waals surface area contributed by atoms with Crippen molar-refractivity contribution < 1.29 is 14.3 Å². The van der Waals surface area contributed by atoms with Crippen molar-refractivity contribution in [1.82, 2.24) is 4.90 Å². The molecule has 2 saturated heterocycles. The highest BCUT2D eigenvalue weighted by atomic mass is 16.6. The lowest BCUT2D eigenvalue weighted by Crippen LogP contribution is -2.46. The zero-order valence-corrected chi connectivity index (χ0v) is 18.8. The number of rotatable bonds is 3. The number of amides is 1. The van der Waals surface area contributed by atoms with Gasteiger partial charge in [0.25, 0.3) is 0 Å². The molecule has 0 saturated carbocycles. The number of fused-ring (bicyclic) bond motifs is 1. The number of ether oxygens (including phenoxy) is 2. The van der Waals surface area contributed by atoms with Crippen LogP contribution >= 0.6 is 0 Å². The number of nitrogens with zero attached hydrogens (tertiary/aromatic N) is 2. The molecule has 2 fully saturated rings. The average molecular weight is 421 g/mol. The topological polar surface area (TPSA) is 42.0 Å². The largest absolute Gasteiger partial charge is 0.493 e. The molecule has 3 aliphatic heterocycles. The van der Waals surface area contributed by atoms with Crippen LogP contribution in [-0.2, 0) is 16.7 Å². The van der Waals surface area contributed by atoms with Crippen molar-refractivity contribution >= 4 is 11.8 Å². The van der Waals surface area contributed by atoms with Gasteiger partial charge in [-0.1, -0.05) is 44.2 Å². The fraction of sp³-hybridized carbons (Fsp3) is 0.500. The van der Waals surface area contributed by atoms with E-state index in [9.17, 15) is 4.79 Å². The van der Waals surface area contributed by atoms with Gasteiger partial charge in [0.1, 0.15) is 11.4 Å². The predicted molar refractivity (Wildman–Crippen MR) is 122 cm³/mol. The molecule has 164 valence electrons. The molecule has 0 radical (unpaired) electrons. The van der Waals surface area contributed by atoms with Crippen LogP contribution in [0, 0.1) is 6.92 Å². The van der Waals surface area contributed by atoms with Crippen LogP contribution in [0.1, 0.15) is 49.8 Å². The molecule has 3 heterocycles. The number of para-hydroxylation sites is 1. The first-order valence-electron chi connectivity index (χ1n) is 11.4. The van der Waals surface area contributed by atoms with E-state index in [0.29, 0.717) is 6.54 Å². The van der Waals surface area contributed by atoms with E-state index in [1.807, 2.05) is 30.3 Å². The van der Waals surface area contributed by atoms with Crippen LogP contribution in [0.2, 0.25) is 0 Å². The molecule has 3 aliphatic rings. The second kappa shape index (κ2) is 7.56. The first kappa shape index (κ1) is 20.4. The summed E-state index contributed by atoms with van der Waals surface area (Å²) < 4.78 is 11.9. The normalized spacial score (nSPS) is 22.2. The van der Waals surface area contributed by atoms with Gasteiger partial charge in [-0.25, -0.2) is 4.79 Å². The molecule has 0 aliphatic carbocycles. The third kappa shape index (κ3) is 3.80. The Balaban J connectivity index is 1.26. The molecule has 0 atom stereocenters. The lowest BCUT2D eigenvalue weighted by atomic mass is 9.78. The molecule has 5 nitrogen and oxygen atoms in total. The summed E-state index contributed by atoms with van der Waals surface area (Å²) in [4.78, 5) is 16.8. The second-order valence-corrected chi connectivity index (χ2v) is 10.0. The number of anilines is 1. The lowest BCUT2D eigenvalue weighted by molar-refractivity contribution is -0.000987. The van der Waals surface area contributed by atoms with Crippen LogP contribution in [0.25, 0.3) is 0 Å². The maximum Gasteiger partial charge on any atom is 0.415 e. The number of piperidine rings is 1. The van der Waals surface area contributed by atoms with Crippen molar-refractivity contribution in [2.75, 3.05) is 31.1 Å². The predicted octanol–water partition coefficient (Wildman–Crippen LogP) is 5.05. The van der Waals surface area contributed by atoms with E-state index in [-0.39, 0.29) is 17.1 Å². The van der Waals surface area contributed by atoms with Crippen molar-refractivity contribution in [3.05, 3.63) is 59.2 Å². The van der Waals surface area contributed by atoms with Crippen LogP contribution in [0.15, 0.2) is 42.5 Å². The molecular formula is C26H32N2O3. The number of hydrogen-bond donors (Lipinski definition) is 0. The van der Waals surface area contributed by atoms with E-state index >= 15 is 0 Å². The fourth-order valence-electron chi connectivity index (χ4n) is 5.24. The average Bonchev–Trinajstić information content (AvgIpc) is 3.07. The van der Waals surface area contributed by atoms with Crippen molar-refractivity contribution in [2.45, 2.75) is 57.6 Å². The van der Waals surface area contributed by atoms with Gasteiger partial charge in [0, 0.05) is 43.7 Å². The Hall–Kier alpha value is -2.53. The SMILES string of the molecule is Cc1cc(CN2CCC3(CC2)CN(c2ccccc2)C(=O)O3)cc2c1OCCC2(C)C. The second-order valence-electron chi connectivity index (χ2n) is 10.0. The summed E-state index contributed by atoms with van der Waals surface area (Å²) in [5.41, 5.74) is 4.63. The Kier molecular flexibility index (Phi) is 4.97. The smallest absolute Gasteiger partial charge is 0.415 e. The molecule has 0 aromatic heterocycles. The van der Waals surface area contributed by atoms with Gasteiger partial charge in [0.2, 0.25) is 0 Å². The summed E-state index contributed by atoms with van der Waals surface area (Å²) in [7, 11) is 0. The zero-order valence-electron chi connectivity index (χ0n) is 18.8. The maximum atomic E-state index is 12.5. The minimum Gasteiger partial charge on any atom is -0.493 e. The third-order valence-electron chi connectivity index (χ3n) is 7.25. The van der Waals surface area contributed by atoms with Gasteiger partial charge in [0.15, 0.2) is 0 Å². The summed E-state index contributed by atoms with van der Waals surface area (Å²) in [6.45, 7) is 11.0. The Morgan fingerprint density at radius 1 is 1.03 bits per heavy atom. The van der Waals surface area contributed by atoms with Crippen molar-refractivity contribution in [3.8, 4) is 5.75 Å². The minimum absolute atomic E-state index is 0.152. The van der Waals surface area contributed by atoms with Gasteiger partial charge in [-0.15, -0.1) is 0 Å². The molecule has 2 aromatic carbocycles. The summed E-state index contributed by atoms with van der Waals surface area (Å²) in [6.07, 6.45) is 2.59. The number of likely N-dealkylation sites (tertiary alicyclic amines) is 1. The Bertz CT molecular complexity index is 978. The fourth-order valence-corrected chi connectivity index (χ4v) is 5.24. The Morgan fingerprint density at radius 3 is 2.52 bits per heavy atom. The van der Waals surface area contributed by atoms with Gasteiger partial charge in [-0.2, -0.15) is 0 Å². The zero-order chi connectivity index (χ0) is 21.6. The molecule has 1 amide bonds. The van der Waals surface area contributed by atoms with E-state index in [2.05, 4.69) is 37.8 Å². The van der Waals surface area contributed by atoms with Gasteiger partial charge in [-0.05, 0) is 42.0 Å². The monoisotopic (exact) mass is 420 g/mol. The molecule has 0 bridgehead atoms. The number of aryl methyl sites for hydroxylation is 1. The molecule has 0 N–H and O–H groups in total. The van der Waals surface area contributed by atoms with Crippen molar-refractivity contribution in [1.29, 1.82) is 0 Å². The van der Waals surface area contributed by atoms with Crippen LogP contribution in [0.5, 0.6) is 5.75 Å². The molecule has 5 heteroatoms. The van der Waals surface area contributed by atoms with Crippen LogP contribution in [0.4, 0.5) is 10.5 Å². The van der Waals surface area contributed by atoms with Crippen molar-refractivity contribution in [3.63, 3.8) is 0 Å². The summed E-state index contributed by atoms with van der Waals surface area (Å²) in [5, 5.41) is 0. The lowest BCUT2D eigenvalue weighted by Gasteiger charge is -2.38. The van der Waals surface area contributed by atoms with Gasteiger partial charge >= 0.3 is 6.09 Å². The molecule has 2 aromatic rings. The number of carbonyl (C=O) groups is 1. The molecule has 5 rings (SSSR count). The summed E-state index contributed by atoms with van der Waals surface area (Å²) in [5.74, 6) is 1.08. The van der Waals surface area contributed by atoms with Crippen LogP contribution in [-0.4, -0.2) is 42.8 Å². The van der Waals surface area contributed by atoms with Crippen molar-refractivity contribution in [2.24, 2.45) is 0 Å². The Morgan fingerprint density at radius 2 is 1.77 bits per heavy atom. The van der Waals surface area contributed by atoms with E-state index in [1.165, 1.54) is 16.7 Å². The van der Waals surface area contributed by atoms with E-state index in [1.54, 1.807) is 4.90 Å². The van der Waals surface area contributed by atoms with Crippen LogP contribution in [0.3, 0.4) is 0 Å². The van der Waals surface area contributed by atoms with E-state index < -0.39 is 0 Å². The van der Waals surface area contributed by atoms with Gasteiger partial charge < -0.3 is 9.47 Å². The van der Waals surface area contributed by atoms with Gasteiger partial charge in [-0.3, -0.25) is 9.80 Å². The highest BCUT2D eigenvalue weighted by Crippen LogP contribution is 2.41. The van der Waals surface area contributed by atoms with E-state index in [4.69, 9.17) is 9.47 Å².